The normalized spacial score (nSPS) is 11.6. The van der Waals surface area contributed by atoms with E-state index in [4.69, 9.17) is 9.47 Å². The van der Waals surface area contributed by atoms with E-state index in [1.165, 1.54) is 0 Å². The summed E-state index contributed by atoms with van der Waals surface area (Å²) in [5.41, 5.74) is 3.05. The van der Waals surface area contributed by atoms with Crippen molar-refractivity contribution in [2.75, 3.05) is 0 Å². The minimum Gasteiger partial charge on any atom is -0.443 e. The lowest BCUT2D eigenvalue weighted by Crippen LogP contribution is -2.49. The van der Waals surface area contributed by atoms with Crippen molar-refractivity contribution in [2.24, 2.45) is 0 Å². The fourth-order valence-electron chi connectivity index (χ4n) is 1.84. The van der Waals surface area contributed by atoms with E-state index in [0.29, 0.717) is 0 Å². The minimum atomic E-state index is -0.707. The topological polar surface area (TPSA) is 67.9 Å². The Morgan fingerprint density at radius 1 is 1.00 bits per heavy atom. The smallest absolute Gasteiger partial charge is 0.429 e. The van der Waals surface area contributed by atoms with E-state index >= 15 is 0 Å². The highest BCUT2D eigenvalue weighted by atomic mass is 16.6. The van der Waals surface area contributed by atoms with Crippen LogP contribution in [-0.4, -0.2) is 28.4 Å². The summed E-state index contributed by atoms with van der Waals surface area (Å²) in [4.78, 5) is 24.4. The maximum absolute atomic E-state index is 12.4. The molecule has 0 unspecified atom stereocenters. The Kier molecular flexibility index (Phi) is 6.23. The molecule has 0 aliphatic carbocycles. The Morgan fingerprint density at radius 2 is 1.54 bits per heavy atom. The van der Waals surface area contributed by atoms with Crippen LogP contribution in [0.1, 0.15) is 52.7 Å². The third-order valence-electron chi connectivity index (χ3n) is 2.83. The molecule has 1 rings (SSSR count). The Hall–Kier alpha value is -2.24. The van der Waals surface area contributed by atoms with E-state index in [1.807, 2.05) is 31.2 Å². The van der Waals surface area contributed by atoms with Crippen LogP contribution in [0.25, 0.3) is 0 Å². The molecule has 6 heteroatoms. The predicted molar refractivity (Wildman–Crippen MR) is 92.3 cm³/mol. The standard InChI is InChI=1S/C18H28N2O4/c1-13-10-8-9-11-14(13)12-20(16(22)24-18(5,6)7)19-15(21)23-17(2,3)4/h8-11H,12H2,1-7H3,(H,19,21). The highest BCUT2D eigenvalue weighted by molar-refractivity contribution is 5.74. The van der Waals surface area contributed by atoms with Crippen molar-refractivity contribution in [3.05, 3.63) is 35.4 Å². The maximum Gasteiger partial charge on any atom is 0.429 e. The molecule has 0 heterocycles. The number of carbonyl (C=O) groups excluding carboxylic acids is 2. The van der Waals surface area contributed by atoms with Crippen LogP contribution >= 0.6 is 0 Å². The molecule has 0 saturated carbocycles. The van der Waals surface area contributed by atoms with Gasteiger partial charge in [0.2, 0.25) is 0 Å². The molecule has 1 N–H and O–H groups in total. The highest BCUT2D eigenvalue weighted by Gasteiger charge is 2.26. The number of nitrogens with one attached hydrogen (secondary N) is 1. The second-order valence-corrected chi connectivity index (χ2v) is 7.61. The molecule has 2 amide bonds. The molecule has 0 radical (unpaired) electrons. The lowest BCUT2D eigenvalue weighted by atomic mass is 10.1. The summed E-state index contributed by atoms with van der Waals surface area (Å²) in [6, 6.07) is 7.63. The van der Waals surface area contributed by atoms with Crippen LogP contribution in [-0.2, 0) is 16.0 Å². The van der Waals surface area contributed by atoms with Crippen LogP contribution in [0.5, 0.6) is 0 Å². The highest BCUT2D eigenvalue weighted by Crippen LogP contribution is 2.14. The zero-order valence-electron chi connectivity index (χ0n) is 15.6. The number of hydrogen-bond donors (Lipinski definition) is 1. The summed E-state index contributed by atoms with van der Waals surface area (Å²) in [7, 11) is 0. The van der Waals surface area contributed by atoms with Crippen molar-refractivity contribution >= 4 is 12.2 Å². The number of benzene rings is 1. The molecule has 1 aromatic rings. The molecule has 0 atom stereocenters. The average Bonchev–Trinajstić information content (AvgIpc) is 2.36. The average molecular weight is 336 g/mol. The van der Waals surface area contributed by atoms with Crippen LogP contribution in [0.15, 0.2) is 24.3 Å². The number of ether oxygens (including phenoxy) is 2. The van der Waals surface area contributed by atoms with Crippen molar-refractivity contribution in [3.8, 4) is 0 Å². The van der Waals surface area contributed by atoms with Gasteiger partial charge in [-0.1, -0.05) is 24.3 Å². The van der Waals surface area contributed by atoms with E-state index in [9.17, 15) is 9.59 Å². The van der Waals surface area contributed by atoms with Gasteiger partial charge in [-0.25, -0.2) is 20.0 Å². The van der Waals surface area contributed by atoms with Crippen molar-refractivity contribution in [2.45, 2.75) is 66.2 Å². The molecular formula is C18H28N2O4. The molecule has 0 aliphatic heterocycles. The summed E-state index contributed by atoms with van der Waals surface area (Å²) in [6.07, 6.45) is -1.35. The van der Waals surface area contributed by atoms with Gasteiger partial charge in [-0.3, -0.25) is 0 Å². The van der Waals surface area contributed by atoms with E-state index in [2.05, 4.69) is 5.43 Å². The third kappa shape index (κ3) is 7.35. The third-order valence-corrected chi connectivity index (χ3v) is 2.83. The Morgan fingerprint density at radius 3 is 2.04 bits per heavy atom. The number of hydrogen-bond acceptors (Lipinski definition) is 4. The second kappa shape index (κ2) is 7.55. The summed E-state index contributed by atoms with van der Waals surface area (Å²) in [6.45, 7) is 12.7. The van der Waals surface area contributed by atoms with Crippen LogP contribution in [0.2, 0.25) is 0 Å². The van der Waals surface area contributed by atoms with Gasteiger partial charge in [0.15, 0.2) is 0 Å². The molecule has 0 aromatic heterocycles. The zero-order chi connectivity index (χ0) is 18.5. The summed E-state index contributed by atoms with van der Waals surface area (Å²) in [5.74, 6) is 0. The van der Waals surface area contributed by atoms with Gasteiger partial charge in [0.25, 0.3) is 0 Å². The number of hydrazine groups is 1. The van der Waals surface area contributed by atoms with Crippen molar-refractivity contribution in [1.29, 1.82) is 0 Å². The van der Waals surface area contributed by atoms with E-state index in [0.717, 1.165) is 16.1 Å². The van der Waals surface area contributed by atoms with Gasteiger partial charge in [-0.15, -0.1) is 0 Å². The van der Waals surface area contributed by atoms with Crippen LogP contribution in [0.3, 0.4) is 0 Å². The number of amides is 2. The molecule has 1 aromatic carbocycles. The molecule has 0 spiro atoms. The molecule has 0 fully saturated rings. The van der Waals surface area contributed by atoms with Crippen LogP contribution in [0.4, 0.5) is 9.59 Å². The zero-order valence-corrected chi connectivity index (χ0v) is 15.6. The molecule has 134 valence electrons. The van der Waals surface area contributed by atoms with Crippen LogP contribution < -0.4 is 5.43 Å². The van der Waals surface area contributed by atoms with Gasteiger partial charge in [0.05, 0.1) is 6.54 Å². The first-order chi connectivity index (χ1) is 10.9. The van der Waals surface area contributed by atoms with Gasteiger partial charge in [0, 0.05) is 0 Å². The van der Waals surface area contributed by atoms with Gasteiger partial charge in [-0.05, 0) is 59.6 Å². The lowest BCUT2D eigenvalue weighted by Gasteiger charge is -2.29. The monoisotopic (exact) mass is 336 g/mol. The largest absolute Gasteiger partial charge is 0.443 e. The van der Waals surface area contributed by atoms with Gasteiger partial charge < -0.3 is 9.47 Å². The number of nitrogens with zero attached hydrogens (tertiary/aromatic N) is 1. The second-order valence-electron chi connectivity index (χ2n) is 7.61. The van der Waals surface area contributed by atoms with Gasteiger partial charge in [0.1, 0.15) is 11.2 Å². The summed E-state index contributed by atoms with van der Waals surface area (Å²) >= 11 is 0. The first kappa shape index (κ1) is 19.8. The number of rotatable bonds is 2. The van der Waals surface area contributed by atoms with Gasteiger partial charge >= 0.3 is 12.2 Å². The number of carbonyl (C=O) groups is 2. The molecule has 0 saturated heterocycles. The lowest BCUT2D eigenvalue weighted by molar-refractivity contribution is -0.000690. The molecule has 6 nitrogen and oxygen atoms in total. The first-order valence-electron chi connectivity index (χ1n) is 7.92. The van der Waals surface area contributed by atoms with Crippen molar-refractivity contribution < 1.29 is 19.1 Å². The first-order valence-corrected chi connectivity index (χ1v) is 7.92. The molecule has 0 aliphatic rings. The Labute approximate surface area is 144 Å². The summed E-state index contributed by atoms with van der Waals surface area (Å²) < 4.78 is 10.6. The Bertz CT molecular complexity index is 585. The van der Waals surface area contributed by atoms with Crippen molar-refractivity contribution in [3.63, 3.8) is 0 Å². The number of aryl methyl sites for hydroxylation is 1. The quantitative estimate of drug-likeness (QED) is 0.823. The molecule has 24 heavy (non-hydrogen) atoms. The molecule has 0 bridgehead atoms. The minimum absolute atomic E-state index is 0.181. The van der Waals surface area contributed by atoms with Crippen molar-refractivity contribution in [1.82, 2.24) is 10.4 Å². The van der Waals surface area contributed by atoms with E-state index in [1.54, 1.807) is 41.5 Å². The predicted octanol–water partition coefficient (Wildman–Crippen LogP) is 4.17. The van der Waals surface area contributed by atoms with E-state index < -0.39 is 23.4 Å². The summed E-state index contributed by atoms with van der Waals surface area (Å²) in [5, 5.41) is 1.13. The SMILES string of the molecule is Cc1ccccc1CN(NC(=O)OC(C)(C)C)C(=O)OC(C)(C)C. The fourth-order valence-corrected chi connectivity index (χ4v) is 1.84. The Balaban J connectivity index is 2.93. The van der Waals surface area contributed by atoms with Crippen LogP contribution in [0, 0.1) is 6.92 Å². The molecular weight excluding hydrogens is 308 g/mol. The fraction of sp³-hybridized carbons (Fsp3) is 0.556. The van der Waals surface area contributed by atoms with Gasteiger partial charge in [-0.2, -0.15) is 0 Å². The maximum atomic E-state index is 12.4. The van der Waals surface area contributed by atoms with E-state index in [-0.39, 0.29) is 6.54 Å².